The van der Waals surface area contributed by atoms with Gasteiger partial charge in [0.1, 0.15) is 22.7 Å². The number of carbonyl (C=O) groups is 1. The summed E-state index contributed by atoms with van der Waals surface area (Å²) in [5.41, 5.74) is 0.854. The molecule has 1 aliphatic rings. The van der Waals surface area contributed by atoms with Crippen LogP contribution in [-0.4, -0.2) is 48.5 Å². The molecule has 4 rings (SSSR count). The summed E-state index contributed by atoms with van der Waals surface area (Å²) in [6.07, 6.45) is 5.49. The van der Waals surface area contributed by atoms with Crippen LogP contribution in [0.3, 0.4) is 0 Å². The van der Waals surface area contributed by atoms with Gasteiger partial charge in [0.25, 0.3) is 5.91 Å². The number of likely N-dealkylation sites (tertiary alicyclic amines) is 1. The number of aliphatic hydroxyl groups is 1. The van der Waals surface area contributed by atoms with Gasteiger partial charge in [-0.25, -0.2) is 4.98 Å². The van der Waals surface area contributed by atoms with Gasteiger partial charge in [0.15, 0.2) is 5.89 Å². The topological polar surface area (TPSA) is 97.3 Å². The molecule has 3 aromatic heterocycles. The highest BCUT2D eigenvalue weighted by molar-refractivity contribution is 7.08. The minimum Gasteiger partial charge on any atom is -0.445 e. The van der Waals surface area contributed by atoms with E-state index in [0.717, 1.165) is 12.8 Å². The highest BCUT2D eigenvalue weighted by Crippen LogP contribution is 2.35. The molecule has 1 N–H and O–H groups in total. The first kappa shape index (κ1) is 20.7. The van der Waals surface area contributed by atoms with Gasteiger partial charge in [-0.1, -0.05) is 6.92 Å². The fourth-order valence-electron chi connectivity index (χ4n) is 3.95. The molecule has 0 aromatic carbocycles. The fraction of sp³-hybridized carbons (Fsp3) is 0.524. The van der Waals surface area contributed by atoms with E-state index in [1.165, 1.54) is 16.1 Å². The lowest BCUT2D eigenvalue weighted by Gasteiger charge is -2.37. The van der Waals surface area contributed by atoms with E-state index in [2.05, 4.69) is 22.1 Å². The molecule has 1 amide bonds. The summed E-state index contributed by atoms with van der Waals surface area (Å²) in [5, 5.41) is 22.7. The minimum absolute atomic E-state index is 0.00447. The van der Waals surface area contributed by atoms with Crippen molar-refractivity contribution in [1.29, 1.82) is 0 Å². The Morgan fingerprint density at radius 1 is 1.33 bits per heavy atom. The van der Waals surface area contributed by atoms with Crippen LogP contribution in [-0.2, 0) is 5.60 Å². The molecule has 1 aliphatic heterocycles. The number of aromatic nitrogens is 4. The number of amides is 1. The molecule has 160 valence electrons. The van der Waals surface area contributed by atoms with E-state index in [-0.39, 0.29) is 17.9 Å². The first-order chi connectivity index (χ1) is 14.3. The lowest BCUT2D eigenvalue weighted by Crippen LogP contribution is -2.45. The monoisotopic (exact) mass is 429 g/mol. The Morgan fingerprint density at radius 3 is 2.77 bits per heavy atom. The van der Waals surface area contributed by atoms with E-state index in [1.54, 1.807) is 19.3 Å². The average Bonchev–Trinajstić information content (AvgIpc) is 3.47. The van der Waals surface area contributed by atoms with E-state index >= 15 is 0 Å². The van der Waals surface area contributed by atoms with Crippen molar-refractivity contribution in [2.75, 3.05) is 6.54 Å². The van der Waals surface area contributed by atoms with E-state index in [4.69, 9.17) is 4.42 Å². The number of hydrogen-bond acceptors (Lipinski definition) is 7. The summed E-state index contributed by atoms with van der Waals surface area (Å²) in [4.78, 5) is 21.4. The average molecular weight is 430 g/mol. The summed E-state index contributed by atoms with van der Waals surface area (Å²) >= 11 is 1.46. The number of aryl methyl sites for hydroxylation is 1. The maximum Gasteiger partial charge on any atom is 0.257 e. The third-order valence-electron chi connectivity index (χ3n) is 6.01. The summed E-state index contributed by atoms with van der Waals surface area (Å²) in [7, 11) is 0. The van der Waals surface area contributed by atoms with E-state index in [9.17, 15) is 9.90 Å². The molecule has 1 unspecified atom stereocenters. The van der Waals surface area contributed by atoms with Gasteiger partial charge in [0, 0.05) is 23.3 Å². The second-order valence-electron chi connectivity index (χ2n) is 8.15. The molecule has 1 fully saturated rings. The molecule has 30 heavy (non-hydrogen) atoms. The zero-order valence-corrected chi connectivity index (χ0v) is 18.5. The molecule has 0 saturated carbocycles. The molecule has 1 saturated heterocycles. The minimum atomic E-state index is -1.02. The molecule has 8 nitrogen and oxygen atoms in total. The van der Waals surface area contributed by atoms with Crippen LogP contribution in [0, 0.1) is 6.92 Å². The Kier molecular flexibility index (Phi) is 5.50. The molecule has 0 spiro atoms. The molecule has 0 bridgehead atoms. The highest BCUT2D eigenvalue weighted by atomic mass is 32.1. The summed E-state index contributed by atoms with van der Waals surface area (Å²) in [5.74, 6) is 1.19. The van der Waals surface area contributed by atoms with Crippen LogP contribution in [0.15, 0.2) is 27.6 Å². The third kappa shape index (κ3) is 3.67. The van der Waals surface area contributed by atoms with Crippen LogP contribution in [0.1, 0.15) is 73.7 Å². The maximum atomic E-state index is 13.4. The van der Waals surface area contributed by atoms with Gasteiger partial charge in [-0.2, -0.15) is 10.2 Å². The SMILES string of the molecule is CCC(C)(O)c1nc([C@@H]2CC[C@@H](C)N(C(=O)c3cscc3-n3nccn3)C2)oc1C. The fourth-order valence-corrected chi connectivity index (χ4v) is 4.73. The van der Waals surface area contributed by atoms with E-state index in [1.807, 2.05) is 29.5 Å². The molecule has 9 heteroatoms. The van der Waals surface area contributed by atoms with Crippen LogP contribution in [0.25, 0.3) is 5.69 Å². The number of rotatable bonds is 5. The van der Waals surface area contributed by atoms with Gasteiger partial charge in [0.2, 0.25) is 0 Å². The number of nitrogens with zero attached hydrogens (tertiary/aromatic N) is 5. The third-order valence-corrected chi connectivity index (χ3v) is 6.74. The zero-order chi connectivity index (χ0) is 21.5. The molecule has 0 radical (unpaired) electrons. The van der Waals surface area contributed by atoms with Gasteiger partial charge in [-0.15, -0.1) is 16.1 Å². The van der Waals surface area contributed by atoms with E-state index < -0.39 is 5.60 Å². The van der Waals surface area contributed by atoms with Crippen molar-refractivity contribution in [1.82, 2.24) is 24.9 Å². The van der Waals surface area contributed by atoms with Crippen molar-refractivity contribution in [3.8, 4) is 5.69 Å². The van der Waals surface area contributed by atoms with Crippen molar-refractivity contribution < 1.29 is 14.3 Å². The second-order valence-corrected chi connectivity index (χ2v) is 8.90. The Balaban J connectivity index is 1.59. The number of oxazole rings is 1. The summed E-state index contributed by atoms with van der Waals surface area (Å²) < 4.78 is 5.95. The second kappa shape index (κ2) is 7.96. The van der Waals surface area contributed by atoms with Crippen molar-refractivity contribution in [2.45, 2.75) is 64.5 Å². The zero-order valence-electron chi connectivity index (χ0n) is 17.7. The Hall–Kier alpha value is -2.52. The molecular weight excluding hydrogens is 402 g/mol. The van der Waals surface area contributed by atoms with Crippen molar-refractivity contribution in [3.63, 3.8) is 0 Å². The Morgan fingerprint density at radius 2 is 2.07 bits per heavy atom. The van der Waals surface area contributed by atoms with Gasteiger partial charge < -0.3 is 14.4 Å². The van der Waals surface area contributed by atoms with Crippen LogP contribution in [0.4, 0.5) is 0 Å². The number of carbonyl (C=O) groups excluding carboxylic acids is 1. The van der Waals surface area contributed by atoms with Crippen LogP contribution < -0.4 is 0 Å². The number of hydrogen-bond donors (Lipinski definition) is 1. The Labute approximate surface area is 179 Å². The van der Waals surface area contributed by atoms with Crippen LogP contribution in [0.5, 0.6) is 0 Å². The van der Waals surface area contributed by atoms with Crippen LogP contribution >= 0.6 is 11.3 Å². The molecular formula is C21H27N5O3S. The van der Waals surface area contributed by atoms with E-state index in [0.29, 0.717) is 41.6 Å². The van der Waals surface area contributed by atoms with Gasteiger partial charge >= 0.3 is 0 Å². The maximum absolute atomic E-state index is 13.4. The number of piperidine rings is 1. The lowest BCUT2D eigenvalue weighted by atomic mass is 9.92. The largest absolute Gasteiger partial charge is 0.445 e. The normalized spacial score (nSPS) is 21.6. The number of thiophene rings is 1. The molecule has 3 aromatic rings. The summed E-state index contributed by atoms with van der Waals surface area (Å²) in [6.45, 7) is 8.10. The molecule has 4 heterocycles. The molecule has 0 aliphatic carbocycles. The van der Waals surface area contributed by atoms with Gasteiger partial charge in [-0.05, 0) is 40.0 Å². The molecule has 3 atom stereocenters. The van der Waals surface area contributed by atoms with Crippen molar-refractivity contribution in [3.05, 3.63) is 46.1 Å². The lowest BCUT2D eigenvalue weighted by molar-refractivity contribution is 0.0473. The first-order valence-corrected chi connectivity index (χ1v) is 11.2. The van der Waals surface area contributed by atoms with Gasteiger partial charge in [-0.3, -0.25) is 4.79 Å². The predicted molar refractivity (Wildman–Crippen MR) is 113 cm³/mol. The van der Waals surface area contributed by atoms with Crippen molar-refractivity contribution >= 4 is 17.2 Å². The quantitative estimate of drug-likeness (QED) is 0.665. The Bertz CT molecular complexity index is 1020. The summed E-state index contributed by atoms with van der Waals surface area (Å²) in [6, 6.07) is 0.112. The standard InChI is InChI=1S/C21H27N5O3S/c1-5-21(4,28)18-14(3)29-19(24-18)15-7-6-13(2)25(10-15)20(27)16-11-30-12-17(16)26-22-8-9-23-26/h8-9,11-13,15,28H,5-7,10H2,1-4H3/t13-,15-,21?/m1/s1. The highest BCUT2D eigenvalue weighted by Gasteiger charge is 2.36. The predicted octanol–water partition coefficient (Wildman–Crippen LogP) is 3.65. The first-order valence-electron chi connectivity index (χ1n) is 10.3. The van der Waals surface area contributed by atoms with Crippen LogP contribution in [0.2, 0.25) is 0 Å². The van der Waals surface area contributed by atoms with Crippen molar-refractivity contribution in [2.24, 2.45) is 0 Å². The smallest absolute Gasteiger partial charge is 0.257 e. The van der Waals surface area contributed by atoms with Gasteiger partial charge in [0.05, 0.1) is 23.9 Å².